The third kappa shape index (κ3) is 1.79. The van der Waals surface area contributed by atoms with E-state index in [0.717, 1.165) is 27.0 Å². The average Bonchev–Trinajstić information content (AvgIpc) is 2.02. The van der Waals surface area contributed by atoms with Crippen LogP contribution in [0, 0.1) is 0 Å². The Kier molecular flexibility index (Phi) is 2.43. The molecular weight excluding hydrogens is 251 g/mol. The minimum absolute atomic E-state index is 0.307. The zero-order valence-corrected chi connectivity index (χ0v) is 9.28. The zero-order chi connectivity index (χ0) is 9.42. The van der Waals surface area contributed by atoms with Gasteiger partial charge in [-0.15, -0.1) is 0 Å². The van der Waals surface area contributed by atoms with Gasteiger partial charge in [-0.2, -0.15) is 0 Å². The second kappa shape index (κ2) is 3.43. The SMILES string of the molecule is O=C1CCc2c(Cl)cc(Br)cc2C1. The van der Waals surface area contributed by atoms with Gasteiger partial charge in [0, 0.05) is 22.3 Å². The lowest BCUT2D eigenvalue weighted by molar-refractivity contribution is -0.118. The summed E-state index contributed by atoms with van der Waals surface area (Å²) in [6.07, 6.45) is 1.96. The fourth-order valence-corrected chi connectivity index (χ4v) is 2.63. The van der Waals surface area contributed by atoms with Crippen LogP contribution in [-0.4, -0.2) is 5.78 Å². The second-order valence-corrected chi connectivity index (χ2v) is 4.56. The van der Waals surface area contributed by atoms with Gasteiger partial charge in [-0.05, 0) is 29.7 Å². The molecule has 68 valence electrons. The molecule has 1 aliphatic rings. The molecule has 1 aromatic rings. The molecule has 1 nitrogen and oxygen atoms in total. The number of fused-ring (bicyclic) bond motifs is 1. The van der Waals surface area contributed by atoms with Gasteiger partial charge in [-0.1, -0.05) is 27.5 Å². The van der Waals surface area contributed by atoms with Crippen molar-refractivity contribution in [2.24, 2.45) is 0 Å². The van der Waals surface area contributed by atoms with Gasteiger partial charge in [0.2, 0.25) is 0 Å². The fourth-order valence-electron chi connectivity index (χ4n) is 1.66. The van der Waals surface area contributed by atoms with E-state index in [9.17, 15) is 4.79 Å². The van der Waals surface area contributed by atoms with Crippen LogP contribution in [0.25, 0.3) is 0 Å². The highest BCUT2D eigenvalue weighted by molar-refractivity contribution is 9.10. The molecule has 0 aliphatic heterocycles. The zero-order valence-electron chi connectivity index (χ0n) is 6.94. The molecule has 3 heteroatoms. The number of hydrogen-bond donors (Lipinski definition) is 0. The predicted molar refractivity (Wildman–Crippen MR) is 56.2 cm³/mol. The van der Waals surface area contributed by atoms with Crippen LogP contribution in [-0.2, 0) is 17.6 Å². The first-order valence-electron chi connectivity index (χ1n) is 4.15. The molecule has 0 unspecified atom stereocenters. The minimum atomic E-state index is 0.307. The van der Waals surface area contributed by atoms with Gasteiger partial charge in [0.25, 0.3) is 0 Å². The Balaban J connectivity index is 2.53. The molecule has 13 heavy (non-hydrogen) atoms. The van der Waals surface area contributed by atoms with Crippen molar-refractivity contribution in [2.45, 2.75) is 19.3 Å². The topological polar surface area (TPSA) is 17.1 Å². The maximum atomic E-state index is 11.2. The van der Waals surface area contributed by atoms with E-state index in [1.807, 2.05) is 12.1 Å². The van der Waals surface area contributed by atoms with E-state index in [1.165, 1.54) is 0 Å². The largest absolute Gasteiger partial charge is 0.299 e. The first-order chi connectivity index (χ1) is 6.16. The van der Waals surface area contributed by atoms with Crippen molar-refractivity contribution >= 4 is 33.3 Å². The first-order valence-corrected chi connectivity index (χ1v) is 5.32. The molecule has 1 aromatic carbocycles. The molecule has 0 spiro atoms. The summed E-state index contributed by atoms with van der Waals surface area (Å²) in [6, 6.07) is 3.87. The van der Waals surface area contributed by atoms with Crippen LogP contribution in [0.3, 0.4) is 0 Å². The Morgan fingerprint density at radius 3 is 2.85 bits per heavy atom. The van der Waals surface area contributed by atoms with E-state index in [-0.39, 0.29) is 0 Å². The van der Waals surface area contributed by atoms with E-state index in [1.54, 1.807) is 0 Å². The van der Waals surface area contributed by atoms with Crippen molar-refractivity contribution in [2.75, 3.05) is 0 Å². The molecule has 0 radical (unpaired) electrons. The molecule has 0 aromatic heterocycles. The molecule has 0 N–H and O–H groups in total. The van der Waals surface area contributed by atoms with Crippen molar-refractivity contribution in [3.63, 3.8) is 0 Å². The van der Waals surface area contributed by atoms with Crippen LogP contribution in [0.4, 0.5) is 0 Å². The smallest absolute Gasteiger partial charge is 0.137 e. The lowest BCUT2D eigenvalue weighted by atomic mass is 9.91. The highest BCUT2D eigenvalue weighted by Gasteiger charge is 2.18. The molecule has 1 aliphatic carbocycles. The molecular formula is C10H8BrClO. The van der Waals surface area contributed by atoms with Crippen molar-refractivity contribution in [3.8, 4) is 0 Å². The summed E-state index contributed by atoms with van der Waals surface area (Å²) in [5, 5.41) is 0.775. The summed E-state index contributed by atoms with van der Waals surface area (Å²) in [6.45, 7) is 0. The number of rotatable bonds is 0. The summed E-state index contributed by atoms with van der Waals surface area (Å²) in [7, 11) is 0. The van der Waals surface area contributed by atoms with Crippen molar-refractivity contribution in [3.05, 3.63) is 32.8 Å². The maximum absolute atomic E-state index is 11.2. The number of carbonyl (C=O) groups is 1. The van der Waals surface area contributed by atoms with E-state index in [4.69, 9.17) is 11.6 Å². The van der Waals surface area contributed by atoms with E-state index >= 15 is 0 Å². The van der Waals surface area contributed by atoms with Gasteiger partial charge in [0.15, 0.2) is 0 Å². The van der Waals surface area contributed by atoms with Crippen LogP contribution in [0.1, 0.15) is 17.5 Å². The van der Waals surface area contributed by atoms with Crippen LogP contribution < -0.4 is 0 Å². The van der Waals surface area contributed by atoms with Gasteiger partial charge < -0.3 is 0 Å². The molecule has 0 saturated heterocycles. The lowest BCUT2D eigenvalue weighted by Gasteiger charge is -2.16. The molecule has 0 bridgehead atoms. The summed E-state index contributed by atoms with van der Waals surface area (Å²) in [5.74, 6) is 0.307. The predicted octanol–water partition coefficient (Wildman–Crippen LogP) is 3.16. The first kappa shape index (κ1) is 9.22. The molecule has 0 heterocycles. The van der Waals surface area contributed by atoms with Gasteiger partial charge in [-0.25, -0.2) is 0 Å². The van der Waals surface area contributed by atoms with Gasteiger partial charge >= 0.3 is 0 Å². The van der Waals surface area contributed by atoms with Crippen molar-refractivity contribution in [1.29, 1.82) is 0 Å². The molecule has 0 fully saturated rings. The fraction of sp³-hybridized carbons (Fsp3) is 0.300. The summed E-state index contributed by atoms with van der Waals surface area (Å²) in [5.41, 5.74) is 2.22. The number of ketones is 1. The Bertz CT molecular complexity index is 373. The number of Topliss-reactive ketones (excluding diaryl/α,β-unsaturated/α-hetero) is 1. The standard InChI is InChI=1S/C10H8BrClO/c11-7-3-6-4-8(13)1-2-9(6)10(12)5-7/h3,5H,1-2,4H2. The van der Waals surface area contributed by atoms with E-state index in [0.29, 0.717) is 18.6 Å². The van der Waals surface area contributed by atoms with E-state index < -0.39 is 0 Å². The van der Waals surface area contributed by atoms with Gasteiger partial charge in [-0.3, -0.25) is 4.79 Å². The van der Waals surface area contributed by atoms with Crippen LogP contribution in [0.15, 0.2) is 16.6 Å². The van der Waals surface area contributed by atoms with Crippen LogP contribution >= 0.6 is 27.5 Å². The van der Waals surface area contributed by atoms with Gasteiger partial charge in [0.05, 0.1) is 0 Å². The normalized spacial score (nSPS) is 15.7. The van der Waals surface area contributed by atoms with E-state index in [2.05, 4.69) is 15.9 Å². The van der Waals surface area contributed by atoms with Crippen molar-refractivity contribution < 1.29 is 4.79 Å². The van der Waals surface area contributed by atoms with Crippen LogP contribution in [0.5, 0.6) is 0 Å². The Morgan fingerprint density at radius 2 is 2.08 bits per heavy atom. The summed E-state index contributed by atoms with van der Waals surface area (Å²) < 4.78 is 0.950. The Labute approximate surface area is 90.2 Å². The monoisotopic (exact) mass is 258 g/mol. The third-order valence-electron chi connectivity index (χ3n) is 2.29. The average molecular weight is 260 g/mol. The third-order valence-corrected chi connectivity index (χ3v) is 3.09. The minimum Gasteiger partial charge on any atom is -0.299 e. The lowest BCUT2D eigenvalue weighted by Crippen LogP contribution is -2.13. The molecule has 0 atom stereocenters. The number of benzene rings is 1. The quantitative estimate of drug-likeness (QED) is 0.699. The second-order valence-electron chi connectivity index (χ2n) is 3.24. The number of halogens is 2. The maximum Gasteiger partial charge on any atom is 0.137 e. The molecule has 0 saturated carbocycles. The van der Waals surface area contributed by atoms with Crippen molar-refractivity contribution in [1.82, 2.24) is 0 Å². The highest BCUT2D eigenvalue weighted by Crippen LogP contribution is 2.30. The van der Waals surface area contributed by atoms with Gasteiger partial charge in [0.1, 0.15) is 5.78 Å². The van der Waals surface area contributed by atoms with Crippen LogP contribution in [0.2, 0.25) is 5.02 Å². The summed E-state index contributed by atoms with van der Waals surface area (Å²) in [4.78, 5) is 11.2. The molecule has 2 rings (SSSR count). The Morgan fingerprint density at radius 1 is 1.31 bits per heavy atom. The summed E-state index contributed by atoms with van der Waals surface area (Å²) >= 11 is 9.42. The Hall–Kier alpha value is -0.340. The molecule has 0 amide bonds. The number of carbonyl (C=O) groups excluding carboxylic acids is 1. The highest BCUT2D eigenvalue weighted by atomic mass is 79.9. The number of hydrogen-bond acceptors (Lipinski definition) is 1.